The van der Waals surface area contributed by atoms with Gasteiger partial charge in [-0.1, -0.05) is 23.7 Å². The number of hydrogen-bond acceptors (Lipinski definition) is 4. The smallest absolute Gasteiger partial charge is 0.279 e. The molecule has 0 saturated heterocycles. The molecule has 2 heterocycles. The van der Waals surface area contributed by atoms with Crippen LogP contribution in [0.2, 0.25) is 5.02 Å². The summed E-state index contributed by atoms with van der Waals surface area (Å²) in [6, 6.07) is 1.07. The zero-order valence-corrected chi connectivity index (χ0v) is 10.9. The second-order valence-corrected chi connectivity index (χ2v) is 4.21. The molecule has 19 heavy (non-hydrogen) atoms. The van der Waals surface area contributed by atoms with Crippen molar-refractivity contribution in [2.75, 3.05) is 5.32 Å². The maximum atomic E-state index is 12.8. The molecule has 2 aromatic rings. The van der Waals surface area contributed by atoms with Gasteiger partial charge in [-0.25, -0.2) is 9.37 Å². The minimum absolute atomic E-state index is 0.0225. The molecular formula is C11H11ClFN5O. The lowest BCUT2D eigenvalue weighted by Gasteiger charge is -2.03. The van der Waals surface area contributed by atoms with Gasteiger partial charge in [0.25, 0.3) is 5.91 Å². The number of halogens is 2. The molecule has 0 fully saturated rings. The van der Waals surface area contributed by atoms with E-state index in [9.17, 15) is 9.18 Å². The minimum Gasteiger partial charge on any atom is -0.304 e. The third-order valence-corrected chi connectivity index (χ3v) is 2.55. The van der Waals surface area contributed by atoms with E-state index in [0.717, 1.165) is 18.7 Å². The summed E-state index contributed by atoms with van der Waals surface area (Å²) in [5.41, 5.74) is 0.149. The summed E-state index contributed by atoms with van der Waals surface area (Å²) in [7, 11) is 0. The third kappa shape index (κ3) is 3.25. The fourth-order valence-corrected chi connectivity index (χ4v) is 1.62. The molecule has 0 aliphatic heterocycles. The molecule has 0 saturated carbocycles. The number of hydrogen-bond donors (Lipinski definition) is 1. The Hall–Kier alpha value is -2.02. The van der Waals surface area contributed by atoms with E-state index in [-0.39, 0.29) is 16.5 Å². The average molecular weight is 284 g/mol. The number of anilines is 1. The van der Waals surface area contributed by atoms with Gasteiger partial charge in [0.05, 0.1) is 17.4 Å². The molecule has 0 radical (unpaired) electrons. The van der Waals surface area contributed by atoms with E-state index in [1.54, 1.807) is 4.68 Å². The zero-order valence-electron chi connectivity index (χ0n) is 10.1. The summed E-state index contributed by atoms with van der Waals surface area (Å²) in [5, 5.41) is 10.00. The van der Waals surface area contributed by atoms with E-state index in [0.29, 0.717) is 6.54 Å². The van der Waals surface area contributed by atoms with Crippen molar-refractivity contribution < 1.29 is 9.18 Å². The molecule has 100 valence electrons. The van der Waals surface area contributed by atoms with Gasteiger partial charge in [-0.2, -0.15) is 0 Å². The molecule has 0 aliphatic carbocycles. The predicted octanol–water partition coefficient (Wildman–Crippen LogP) is 2.13. The van der Waals surface area contributed by atoms with E-state index in [1.807, 2.05) is 6.92 Å². The van der Waals surface area contributed by atoms with Crippen LogP contribution in [-0.2, 0) is 6.54 Å². The van der Waals surface area contributed by atoms with Gasteiger partial charge in [-0.15, -0.1) is 5.10 Å². The first kappa shape index (κ1) is 13.4. The Morgan fingerprint density at radius 3 is 3.05 bits per heavy atom. The van der Waals surface area contributed by atoms with Crippen LogP contribution in [-0.4, -0.2) is 25.9 Å². The van der Waals surface area contributed by atoms with Crippen LogP contribution in [0.3, 0.4) is 0 Å². The van der Waals surface area contributed by atoms with Crippen molar-refractivity contribution in [2.24, 2.45) is 0 Å². The van der Waals surface area contributed by atoms with Gasteiger partial charge in [-0.3, -0.25) is 9.48 Å². The van der Waals surface area contributed by atoms with E-state index < -0.39 is 11.7 Å². The quantitative estimate of drug-likeness (QED) is 0.933. The Labute approximate surface area is 113 Å². The van der Waals surface area contributed by atoms with Gasteiger partial charge in [0.2, 0.25) is 0 Å². The summed E-state index contributed by atoms with van der Waals surface area (Å²) in [4.78, 5) is 15.5. The SMILES string of the molecule is CCCn1cc(C(=O)Nc2ncc(F)cc2Cl)nn1. The molecule has 0 aliphatic rings. The molecule has 2 aromatic heterocycles. The van der Waals surface area contributed by atoms with E-state index in [2.05, 4.69) is 20.6 Å². The number of rotatable bonds is 4. The Bertz CT molecular complexity index is 601. The summed E-state index contributed by atoms with van der Waals surface area (Å²) < 4.78 is 14.4. The number of nitrogens with zero attached hydrogens (tertiary/aromatic N) is 4. The molecule has 6 nitrogen and oxygen atoms in total. The van der Waals surface area contributed by atoms with Crippen molar-refractivity contribution in [1.82, 2.24) is 20.0 Å². The monoisotopic (exact) mass is 283 g/mol. The minimum atomic E-state index is -0.572. The first-order chi connectivity index (χ1) is 9.10. The molecule has 1 N–H and O–H groups in total. The van der Waals surface area contributed by atoms with E-state index in [4.69, 9.17) is 11.6 Å². The molecule has 2 rings (SSSR count). The largest absolute Gasteiger partial charge is 0.304 e. The van der Waals surface area contributed by atoms with Gasteiger partial charge in [-0.05, 0) is 12.5 Å². The number of amides is 1. The van der Waals surface area contributed by atoms with Gasteiger partial charge in [0.15, 0.2) is 11.5 Å². The van der Waals surface area contributed by atoms with Crippen LogP contribution in [0.25, 0.3) is 0 Å². The maximum Gasteiger partial charge on any atom is 0.279 e. The number of pyridine rings is 1. The molecule has 1 amide bonds. The van der Waals surface area contributed by atoms with Crippen molar-refractivity contribution in [3.8, 4) is 0 Å². The molecule has 0 bridgehead atoms. The fraction of sp³-hybridized carbons (Fsp3) is 0.273. The summed E-state index contributed by atoms with van der Waals surface area (Å²) >= 11 is 5.76. The molecule has 0 spiro atoms. The summed E-state index contributed by atoms with van der Waals surface area (Å²) in [6.45, 7) is 2.67. The van der Waals surface area contributed by atoms with Crippen LogP contribution < -0.4 is 5.32 Å². The first-order valence-corrected chi connectivity index (χ1v) is 6.00. The standard InChI is InChI=1S/C11H11ClFN5O/c1-2-3-18-6-9(16-17-18)11(19)15-10-8(12)4-7(13)5-14-10/h4-6H,2-3H2,1H3,(H,14,15,19). The number of carbonyl (C=O) groups is 1. The molecule has 8 heteroatoms. The third-order valence-electron chi connectivity index (χ3n) is 2.26. The topological polar surface area (TPSA) is 72.7 Å². The van der Waals surface area contributed by atoms with Crippen molar-refractivity contribution in [2.45, 2.75) is 19.9 Å². The van der Waals surface area contributed by atoms with Gasteiger partial charge < -0.3 is 5.32 Å². The Morgan fingerprint density at radius 2 is 2.37 bits per heavy atom. The highest BCUT2D eigenvalue weighted by Crippen LogP contribution is 2.19. The zero-order chi connectivity index (χ0) is 13.8. The van der Waals surface area contributed by atoms with Crippen molar-refractivity contribution in [3.63, 3.8) is 0 Å². The van der Waals surface area contributed by atoms with Crippen molar-refractivity contribution >= 4 is 23.3 Å². The molecule has 0 unspecified atom stereocenters. The fourth-order valence-electron chi connectivity index (χ4n) is 1.42. The van der Waals surface area contributed by atoms with Gasteiger partial charge in [0, 0.05) is 6.54 Å². The molecular weight excluding hydrogens is 273 g/mol. The molecule has 0 atom stereocenters. The van der Waals surface area contributed by atoms with Crippen molar-refractivity contribution in [1.29, 1.82) is 0 Å². The second-order valence-electron chi connectivity index (χ2n) is 3.80. The van der Waals surface area contributed by atoms with Crippen LogP contribution in [0.1, 0.15) is 23.8 Å². The van der Waals surface area contributed by atoms with Crippen molar-refractivity contribution in [3.05, 3.63) is 35.0 Å². The van der Waals surface area contributed by atoms with Gasteiger partial charge >= 0.3 is 0 Å². The number of aromatic nitrogens is 4. The lowest BCUT2D eigenvalue weighted by atomic mass is 10.4. The normalized spacial score (nSPS) is 10.5. The van der Waals surface area contributed by atoms with E-state index >= 15 is 0 Å². The summed E-state index contributed by atoms with van der Waals surface area (Å²) in [5.74, 6) is -0.988. The van der Waals surface area contributed by atoms with Gasteiger partial charge in [0.1, 0.15) is 5.82 Å². The van der Waals surface area contributed by atoms with Crippen LogP contribution in [0.4, 0.5) is 10.2 Å². The first-order valence-electron chi connectivity index (χ1n) is 5.62. The van der Waals surface area contributed by atoms with Crippen LogP contribution >= 0.6 is 11.6 Å². The number of nitrogens with one attached hydrogen (secondary N) is 1. The van der Waals surface area contributed by atoms with Crippen LogP contribution in [0.15, 0.2) is 18.5 Å². The average Bonchev–Trinajstić information content (AvgIpc) is 2.82. The highest BCUT2D eigenvalue weighted by atomic mass is 35.5. The molecule has 0 aromatic carbocycles. The van der Waals surface area contributed by atoms with Crippen LogP contribution in [0, 0.1) is 5.82 Å². The lowest BCUT2D eigenvalue weighted by molar-refractivity contribution is 0.102. The Morgan fingerprint density at radius 1 is 1.58 bits per heavy atom. The highest BCUT2D eigenvalue weighted by molar-refractivity contribution is 6.33. The Kier molecular flexibility index (Phi) is 4.06. The predicted molar refractivity (Wildman–Crippen MR) is 67.5 cm³/mol. The maximum absolute atomic E-state index is 12.8. The Balaban J connectivity index is 2.11. The number of aryl methyl sites for hydroxylation is 1. The number of carbonyl (C=O) groups excluding carboxylic acids is 1. The second kappa shape index (κ2) is 5.75. The van der Waals surface area contributed by atoms with E-state index in [1.165, 1.54) is 6.20 Å². The van der Waals surface area contributed by atoms with Crippen LogP contribution in [0.5, 0.6) is 0 Å². The lowest BCUT2D eigenvalue weighted by Crippen LogP contribution is -2.14. The highest BCUT2D eigenvalue weighted by Gasteiger charge is 2.13. The summed E-state index contributed by atoms with van der Waals surface area (Å²) in [6.07, 6.45) is 3.38.